The van der Waals surface area contributed by atoms with Gasteiger partial charge in [0.15, 0.2) is 0 Å². The lowest BCUT2D eigenvalue weighted by molar-refractivity contribution is 0.608. The Morgan fingerprint density at radius 3 is 2.59 bits per heavy atom. The van der Waals surface area contributed by atoms with Crippen molar-refractivity contribution in [3.8, 4) is 0 Å². The lowest BCUT2D eigenvalue weighted by Crippen LogP contribution is -2.24. The highest BCUT2D eigenvalue weighted by atomic mass is 32.1. The molecule has 0 spiro atoms. The highest BCUT2D eigenvalue weighted by molar-refractivity contribution is 7.81. The van der Waals surface area contributed by atoms with Gasteiger partial charge in [-0.25, -0.2) is 0 Å². The number of aryl methyl sites for hydroxylation is 2. The topological polar surface area (TPSA) is 0 Å². The van der Waals surface area contributed by atoms with Gasteiger partial charge in [0.1, 0.15) is 0 Å². The van der Waals surface area contributed by atoms with Crippen LogP contribution in [0.4, 0.5) is 0 Å². The number of benzene rings is 2. The number of hydrogen-bond donors (Lipinski definition) is 2. The highest BCUT2D eigenvalue weighted by Gasteiger charge is 2.32. The summed E-state index contributed by atoms with van der Waals surface area (Å²) in [6, 6.07) is 13.4. The van der Waals surface area contributed by atoms with Crippen LogP contribution < -0.4 is 0 Å². The molecule has 0 radical (unpaired) electrons. The van der Waals surface area contributed by atoms with E-state index in [2.05, 4.69) is 36.4 Å². The first-order chi connectivity index (χ1) is 10.8. The minimum atomic E-state index is 0.397. The Morgan fingerprint density at radius 2 is 1.68 bits per heavy atom. The van der Waals surface area contributed by atoms with Crippen LogP contribution in [0.5, 0.6) is 0 Å². The fourth-order valence-corrected chi connectivity index (χ4v) is 5.07. The van der Waals surface area contributed by atoms with E-state index in [-0.39, 0.29) is 0 Å². The normalized spacial score (nSPS) is 23.7. The van der Waals surface area contributed by atoms with Crippen molar-refractivity contribution >= 4 is 25.3 Å². The molecule has 0 amide bonds. The maximum atomic E-state index is 4.97. The average molecular weight is 327 g/mol. The Balaban J connectivity index is 1.92. The van der Waals surface area contributed by atoms with Gasteiger partial charge in [-0.2, -0.15) is 12.6 Å². The second kappa shape index (κ2) is 5.98. The van der Waals surface area contributed by atoms with Crippen LogP contribution >= 0.6 is 25.3 Å². The largest absolute Gasteiger partial charge is 0.175 e. The van der Waals surface area contributed by atoms with Gasteiger partial charge in [-0.3, -0.25) is 0 Å². The molecule has 0 heterocycles. The van der Waals surface area contributed by atoms with E-state index in [0.717, 1.165) is 17.7 Å². The molecule has 1 unspecified atom stereocenters. The zero-order valence-electron chi connectivity index (χ0n) is 12.8. The van der Waals surface area contributed by atoms with Crippen LogP contribution in [0.2, 0.25) is 0 Å². The van der Waals surface area contributed by atoms with Crippen molar-refractivity contribution in [2.75, 3.05) is 0 Å². The summed E-state index contributed by atoms with van der Waals surface area (Å²) in [5, 5.41) is 0.397. The molecule has 0 N–H and O–H groups in total. The van der Waals surface area contributed by atoms with Gasteiger partial charge in [0.25, 0.3) is 0 Å². The second-order valence-electron chi connectivity index (χ2n) is 6.63. The molecule has 0 aromatic heterocycles. The number of hydrogen-bond acceptors (Lipinski definition) is 2. The van der Waals surface area contributed by atoms with Crippen LogP contribution in [0.1, 0.15) is 53.0 Å². The van der Waals surface area contributed by atoms with Gasteiger partial charge in [-0.1, -0.05) is 30.3 Å². The van der Waals surface area contributed by atoms with Crippen molar-refractivity contribution in [3.05, 3.63) is 64.2 Å². The van der Waals surface area contributed by atoms with Crippen LogP contribution in [0.15, 0.2) is 41.3 Å². The third-order valence-electron chi connectivity index (χ3n) is 5.35. The fourth-order valence-electron chi connectivity index (χ4n) is 4.28. The molecule has 4 rings (SSSR count). The third kappa shape index (κ3) is 2.41. The maximum Gasteiger partial charge on any atom is 0.0222 e. The summed E-state index contributed by atoms with van der Waals surface area (Å²) < 4.78 is 0. The predicted molar refractivity (Wildman–Crippen MR) is 99.7 cm³/mol. The van der Waals surface area contributed by atoms with Crippen LogP contribution in [0, 0.1) is 0 Å². The maximum absolute atomic E-state index is 4.97. The summed E-state index contributed by atoms with van der Waals surface area (Å²) in [4.78, 5) is 1.15. The van der Waals surface area contributed by atoms with Gasteiger partial charge in [0.2, 0.25) is 0 Å². The molecule has 2 aromatic carbocycles. The van der Waals surface area contributed by atoms with Crippen LogP contribution in [0.3, 0.4) is 0 Å². The molecular weight excluding hydrogens is 304 g/mol. The Hall–Kier alpha value is -0.860. The minimum Gasteiger partial charge on any atom is -0.175 e. The molecule has 0 bridgehead atoms. The molecule has 0 saturated heterocycles. The molecule has 2 atom stereocenters. The zero-order chi connectivity index (χ0) is 15.1. The van der Waals surface area contributed by atoms with Crippen molar-refractivity contribution in [2.24, 2.45) is 0 Å². The minimum absolute atomic E-state index is 0.397. The second-order valence-corrected chi connectivity index (χ2v) is 7.77. The Morgan fingerprint density at radius 1 is 0.864 bits per heavy atom. The average Bonchev–Trinajstić information content (AvgIpc) is 2.56. The molecule has 2 aliphatic rings. The van der Waals surface area contributed by atoms with E-state index >= 15 is 0 Å². The van der Waals surface area contributed by atoms with E-state index in [1.165, 1.54) is 42.4 Å². The van der Waals surface area contributed by atoms with Gasteiger partial charge in [0.05, 0.1) is 0 Å². The number of fused-ring (bicyclic) bond motifs is 2. The first-order valence-electron chi connectivity index (χ1n) is 8.35. The van der Waals surface area contributed by atoms with Crippen LogP contribution in [-0.2, 0) is 19.3 Å². The fraction of sp³-hybridized carbons (Fsp3) is 0.400. The van der Waals surface area contributed by atoms with Crippen LogP contribution in [-0.4, -0.2) is 5.25 Å². The summed E-state index contributed by atoms with van der Waals surface area (Å²) in [6.07, 6.45) is 7.37. The molecule has 2 heteroatoms. The van der Waals surface area contributed by atoms with Crippen molar-refractivity contribution in [3.63, 3.8) is 0 Å². The molecule has 2 aliphatic carbocycles. The van der Waals surface area contributed by atoms with E-state index in [0.29, 0.717) is 11.2 Å². The van der Waals surface area contributed by atoms with E-state index in [9.17, 15) is 0 Å². The first kappa shape index (κ1) is 14.7. The van der Waals surface area contributed by atoms with Crippen molar-refractivity contribution in [2.45, 2.75) is 54.6 Å². The van der Waals surface area contributed by atoms with Gasteiger partial charge in [0, 0.05) is 16.1 Å². The molecular formula is C20H22S2. The molecule has 0 aliphatic heterocycles. The monoisotopic (exact) mass is 326 g/mol. The summed E-state index contributed by atoms with van der Waals surface area (Å²) in [5.41, 5.74) is 7.55. The van der Waals surface area contributed by atoms with Crippen molar-refractivity contribution < 1.29 is 0 Å². The van der Waals surface area contributed by atoms with Gasteiger partial charge in [-0.05, 0) is 72.4 Å². The lowest BCUT2D eigenvalue weighted by atomic mass is 9.74. The van der Waals surface area contributed by atoms with Gasteiger partial charge in [-0.15, -0.1) is 12.6 Å². The summed E-state index contributed by atoms with van der Waals surface area (Å²) in [7, 11) is 0. The summed E-state index contributed by atoms with van der Waals surface area (Å²) in [6.45, 7) is 0. The highest BCUT2D eigenvalue weighted by Crippen LogP contribution is 2.44. The summed E-state index contributed by atoms with van der Waals surface area (Å²) >= 11 is 9.81. The molecule has 114 valence electrons. The number of rotatable bonds is 1. The number of thiol groups is 2. The molecule has 22 heavy (non-hydrogen) atoms. The molecule has 0 nitrogen and oxygen atoms in total. The molecule has 0 saturated carbocycles. The van der Waals surface area contributed by atoms with E-state index in [1.807, 2.05) is 0 Å². The van der Waals surface area contributed by atoms with Gasteiger partial charge < -0.3 is 0 Å². The molecule has 2 aromatic rings. The Labute approximate surface area is 144 Å². The molecule has 0 fully saturated rings. The van der Waals surface area contributed by atoms with Crippen molar-refractivity contribution in [1.82, 2.24) is 0 Å². The zero-order valence-corrected chi connectivity index (χ0v) is 14.5. The Kier molecular flexibility index (Phi) is 4.00. The first-order valence-corrected chi connectivity index (χ1v) is 9.31. The van der Waals surface area contributed by atoms with Crippen LogP contribution in [0.25, 0.3) is 0 Å². The SMILES string of the molecule is Sc1ccc2c(c1[C@H]1c3ccccc3CCC1S)CCCC2. The van der Waals surface area contributed by atoms with E-state index < -0.39 is 0 Å². The smallest absolute Gasteiger partial charge is 0.0222 e. The third-order valence-corrected chi connectivity index (χ3v) is 6.30. The van der Waals surface area contributed by atoms with E-state index in [1.54, 1.807) is 11.1 Å². The lowest BCUT2D eigenvalue weighted by Gasteiger charge is -2.35. The standard InChI is InChI=1S/C20H22S2/c21-17-11-9-13-5-1-3-7-15(13)19(17)20-16-8-4-2-6-14(16)10-12-18(20)22/h1,3,5,7,10,12,17,19,21-22H,2,4,6,8-9,11H2/t17?,19-/m0/s1. The summed E-state index contributed by atoms with van der Waals surface area (Å²) in [5.74, 6) is 0.397. The van der Waals surface area contributed by atoms with Gasteiger partial charge >= 0.3 is 0 Å². The van der Waals surface area contributed by atoms with E-state index in [4.69, 9.17) is 25.3 Å². The predicted octanol–water partition coefficient (Wildman–Crippen LogP) is 5.23. The Bertz CT molecular complexity index is 705. The van der Waals surface area contributed by atoms with Crippen molar-refractivity contribution in [1.29, 1.82) is 0 Å². The quantitative estimate of drug-likeness (QED) is 0.659.